The van der Waals surface area contributed by atoms with Crippen LogP contribution in [0, 0.1) is 0 Å². The minimum Gasteiger partial charge on any atom is -0.394 e. The third-order valence-corrected chi connectivity index (χ3v) is 5.05. The molecule has 2 aliphatic rings. The summed E-state index contributed by atoms with van der Waals surface area (Å²) in [7, 11) is -5.14. The fourth-order valence-electron chi connectivity index (χ4n) is 3.21. The van der Waals surface area contributed by atoms with Gasteiger partial charge in [-0.25, -0.2) is 4.18 Å². The van der Waals surface area contributed by atoms with E-state index in [1.165, 1.54) is 0 Å². The molecule has 0 aromatic carbocycles. The summed E-state index contributed by atoms with van der Waals surface area (Å²) in [6.07, 6.45) is -15.7. The van der Waals surface area contributed by atoms with Crippen LogP contribution in [-0.2, 0) is 33.6 Å². The molecule has 30 heavy (non-hydrogen) atoms. The van der Waals surface area contributed by atoms with Gasteiger partial charge in [-0.05, 0) is 0 Å². The van der Waals surface area contributed by atoms with Gasteiger partial charge in [0.25, 0.3) is 0 Å². The molecule has 0 aromatic heterocycles. The van der Waals surface area contributed by atoms with Crippen molar-refractivity contribution in [1.29, 1.82) is 0 Å². The molecule has 2 rings (SSSR count). The van der Waals surface area contributed by atoms with Crippen LogP contribution in [0.15, 0.2) is 0 Å². The largest absolute Gasteiger partial charge is 0.397 e. The first-order chi connectivity index (χ1) is 13.9. The summed E-state index contributed by atoms with van der Waals surface area (Å²) in [4.78, 5) is 11.3. The van der Waals surface area contributed by atoms with Crippen LogP contribution < -0.4 is 5.32 Å². The number of hydrogen-bond acceptors (Lipinski definition) is 13. The van der Waals surface area contributed by atoms with E-state index in [1.54, 1.807) is 0 Å². The Balaban J connectivity index is 2.26. The van der Waals surface area contributed by atoms with E-state index in [0.29, 0.717) is 0 Å². The zero-order valence-corrected chi connectivity index (χ0v) is 16.4. The normalized spacial score (nSPS) is 42.7. The molecule has 0 spiro atoms. The molecular formula is C14H25NO14S. The average Bonchev–Trinajstić information content (AvgIpc) is 2.65. The first kappa shape index (κ1) is 25.2. The topological polar surface area (TPSA) is 242 Å². The van der Waals surface area contributed by atoms with Gasteiger partial charge in [0.1, 0.15) is 48.8 Å². The van der Waals surface area contributed by atoms with Gasteiger partial charge in [0, 0.05) is 6.92 Å². The molecule has 0 bridgehead atoms. The lowest BCUT2D eigenvalue weighted by atomic mass is 9.95. The number of aliphatic hydroxyl groups is 6. The zero-order chi connectivity index (χ0) is 22.8. The second-order valence-electron chi connectivity index (χ2n) is 6.76. The summed E-state index contributed by atoms with van der Waals surface area (Å²) in [5.41, 5.74) is 0. The molecule has 2 fully saturated rings. The Morgan fingerprint density at radius 3 is 2.07 bits per heavy atom. The Kier molecular flexibility index (Phi) is 8.47. The molecule has 16 heteroatoms. The molecule has 0 saturated carbocycles. The Bertz CT molecular complexity index is 690. The molecule has 0 radical (unpaired) electrons. The highest BCUT2D eigenvalue weighted by atomic mass is 32.3. The van der Waals surface area contributed by atoms with E-state index in [9.17, 15) is 43.9 Å². The van der Waals surface area contributed by atoms with Crippen molar-refractivity contribution < 1.29 is 66.8 Å². The number of aliphatic hydroxyl groups excluding tert-OH is 6. The van der Waals surface area contributed by atoms with Crippen molar-refractivity contribution in [2.24, 2.45) is 0 Å². The predicted molar refractivity (Wildman–Crippen MR) is 90.6 cm³/mol. The molecule has 1 amide bonds. The van der Waals surface area contributed by atoms with E-state index in [1.807, 2.05) is 0 Å². The van der Waals surface area contributed by atoms with Crippen LogP contribution >= 0.6 is 0 Å². The second-order valence-corrected chi connectivity index (χ2v) is 7.81. The third-order valence-electron chi connectivity index (χ3n) is 4.59. The second kappa shape index (κ2) is 10.1. The highest BCUT2D eigenvalue weighted by molar-refractivity contribution is 7.80. The van der Waals surface area contributed by atoms with Gasteiger partial charge in [-0.15, -0.1) is 0 Å². The summed E-state index contributed by atoms with van der Waals surface area (Å²) in [6.45, 7) is -0.559. The fraction of sp³-hybridized carbons (Fsp3) is 0.929. The van der Waals surface area contributed by atoms with Gasteiger partial charge >= 0.3 is 10.4 Å². The molecule has 2 saturated heterocycles. The Hall–Kier alpha value is -1.02. The van der Waals surface area contributed by atoms with Gasteiger partial charge in [-0.2, -0.15) is 8.42 Å². The van der Waals surface area contributed by atoms with Crippen LogP contribution in [0.4, 0.5) is 0 Å². The van der Waals surface area contributed by atoms with Gasteiger partial charge in [0.2, 0.25) is 5.91 Å². The number of amides is 1. The maximum atomic E-state index is 11.3. The van der Waals surface area contributed by atoms with Crippen LogP contribution in [0.5, 0.6) is 0 Å². The maximum absolute atomic E-state index is 11.3. The predicted octanol–water partition coefficient (Wildman–Crippen LogP) is -5.43. The minimum atomic E-state index is -5.14. The molecule has 0 unspecified atom stereocenters. The number of carbonyl (C=O) groups excluding carboxylic acids is 1. The zero-order valence-electron chi connectivity index (χ0n) is 15.6. The van der Waals surface area contributed by atoms with Gasteiger partial charge in [-0.3, -0.25) is 9.35 Å². The van der Waals surface area contributed by atoms with E-state index in [0.717, 1.165) is 6.92 Å². The van der Waals surface area contributed by atoms with Gasteiger partial charge in [-0.1, -0.05) is 0 Å². The van der Waals surface area contributed by atoms with Crippen molar-refractivity contribution in [3.8, 4) is 0 Å². The van der Waals surface area contributed by atoms with E-state index in [-0.39, 0.29) is 0 Å². The van der Waals surface area contributed by atoms with Crippen molar-refractivity contribution in [3.05, 3.63) is 0 Å². The Morgan fingerprint density at radius 2 is 1.57 bits per heavy atom. The number of nitrogens with one attached hydrogen (secondary N) is 1. The smallest absolute Gasteiger partial charge is 0.394 e. The third kappa shape index (κ3) is 5.81. The number of ether oxygens (including phenoxy) is 3. The van der Waals surface area contributed by atoms with Crippen LogP contribution in [0.25, 0.3) is 0 Å². The maximum Gasteiger partial charge on any atom is 0.397 e. The van der Waals surface area contributed by atoms with Crippen LogP contribution in [0.3, 0.4) is 0 Å². The summed E-state index contributed by atoms with van der Waals surface area (Å²) < 4.78 is 50.8. The van der Waals surface area contributed by atoms with Crippen molar-refractivity contribution in [3.63, 3.8) is 0 Å². The monoisotopic (exact) mass is 463 g/mol. The van der Waals surface area contributed by atoms with Crippen molar-refractivity contribution in [1.82, 2.24) is 5.32 Å². The molecule has 8 N–H and O–H groups in total. The number of hydrogen-bond donors (Lipinski definition) is 8. The van der Waals surface area contributed by atoms with Crippen LogP contribution in [0.2, 0.25) is 0 Å². The first-order valence-electron chi connectivity index (χ1n) is 8.72. The van der Waals surface area contributed by atoms with Crippen molar-refractivity contribution >= 4 is 16.3 Å². The lowest BCUT2D eigenvalue weighted by molar-refractivity contribution is -0.343. The fourth-order valence-corrected chi connectivity index (χ4v) is 3.72. The average molecular weight is 463 g/mol. The first-order valence-corrected chi connectivity index (χ1v) is 10.1. The van der Waals surface area contributed by atoms with Crippen LogP contribution in [0.1, 0.15) is 6.92 Å². The standard InChI is InChI=1S/C14H25NO14S/c1-4(18)15-7-9(20)11(6(3-17)26-13(7)22)28-14-10(21)12(29-30(23,24)25)8(19)5(2-16)27-14/h5-14,16-17,19-22H,2-3H2,1H3,(H,15,18)(H,23,24,25)/t5-,6-,7-,8+,9-,10-,11-,12+,13-,14-/m1/s1. The van der Waals surface area contributed by atoms with Crippen LogP contribution in [-0.4, -0.2) is 124 Å². The molecule has 2 aliphatic heterocycles. The van der Waals surface area contributed by atoms with Gasteiger partial charge in [0.15, 0.2) is 12.6 Å². The highest BCUT2D eigenvalue weighted by Crippen LogP contribution is 2.30. The molecular weight excluding hydrogens is 438 g/mol. The van der Waals surface area contributed by atoms with Crippen molar-refractivity contribution in [2.75, 3.05) is 13.2 Å². The summed E-state index contributed by atoms with van der Waals surface area (Å²) in [5, 5.41) is 61.8. The Labute approximate surface area is 170 Å². The van der Waals surface area contributed by atoms with Gasteiger partial charge < -0.3 is 50.2 Å². The molecule has 2 heterocycles. The number of rotatable bonds is 7. The summed E-state index contributed by atoms with van der Waals surface area (Å²) in [5.74, 6) is -0.637. The van der Waals surface area contributed by atoms with E-state index < -0.39 is 90.9 Å². The molecule has 176 valence electrons. The van der Waals surface area contributed by atoms with Gasteiger partial charge in [0.05, 0.1) is 13.2 Å². The quantitative estimate of drug-likeness (QED) is 0.164. The molecule has 0 aromatic rings. The minimum absolute atomic E-state index is 0.637. The SMILES string of the molecule is CC(=O)N[C@@H]1[C@@H](O)[C@H](O[C@H]2O[C@H](CO)[C@H](O)[C@H](OS(=O)(=O)O)[C@H]2O)[C@@H](CO)O[C@H]1O. The highest BCUT2D eigenvalue weighted by Gasteiger charge is 2.52. The molecule has 0 aliphatic carbocycles. The number of carbonyl (C=O) groups is 1. The molecule has 15 nitrogen and oxygen atoms in total. The van der Waals surface area contributed by atoms with Crippen molar-refractivity contribution in [2.45, 2.75) is 68.3 Å². The van der Waals surface area contributed by atoms with E-state index >= 15 is 0 Å². The lowest BCUT2D eigenvalue weighted by Crippen LogP contribution is -2.67. The van der Waals surface area contributed by atoms with E-state index in [4.69, 9.17) is 18.8 Å². The Morgan fingerprint density at radius 1 is 0.967 bits per heavy atom. The summed E-state index contributed by atoms with van der Waals surface area (Å²) >= 11 is 0. The lowest BCUT2D eigenvalue weighted by Gasteiger charge is -2.46. The summed E-state index contributed by atoms with van der Waals surface area (Å²) in [6, 6.07) is -1.40. The molecule has 10 atom stereocenters. The van der Waals surface area contributed by atoms with E-state index in [2.05, 4.69) is 9.50 Å².